The van der Waals surface area contributed by atoms with Crippen molar-refractivity contribution < 1.29 is 22.1 Å². The third-order valence-corrected chi connectivity index (χ3v) is 1.16. The second-order valence-electron chi connectivity index (χ2n) is 1.49. The molecule has 0 spiro atoms. The fourth-order valence-corrected chi connectivity index (χ4v) is 0.652. The zero-order chi connectivity index (χ0) is 8.04. The molecule has 0 aromatic rings. The van der Waals surface area contributed by atoms with Gasteiger partial charge in [-0.2, -0.15) is 8.42 Å². The molecule has 0 unspecified atom stereocenters. The van der Waals surface area contributed by atoms with Gasteiger partial charge < -0.3 is 4.74 Å². The standard InChI is InChI=1S/C4H8O5S/c1-10(6,7)9-3-2-8-4-5/h4H,2-3H2,1H3. The quantitative estimate of drug-likeness (QED) is 0.303. The average molecular weight is 168 g/mol. The van der Waals surface area contributed by atoms with Crippen LogP contribution in [0.4, 0.5) is 0 Å². The molecule has 6 heteroatoms. The predicted octanol–water partition coefficient (Wildman–Crippen LogP) is -0.864. The zero-order valence-corrected chi connectivity index (χ0v) is 6.26. The van der Waals surface area contributed by atoms with Crippen molar-refractivity contribution in [3.8, 4) is 0 Å². The molecular weight excluding hydrogens is 160 g/mol. The van der Waals surface area contributed by atoms with Crippen molar-refractivity contribution in [2.75, 3.05) is 19.5 Å². The van der Waals surface area contributed by atoms with Gasteiger partial charge in [-0.3, -0.25) is 8.98 Å². The van der Waals surface area contributed by atoms with Gasteiger partial charge in [-0.05, 0) is 0 Å². The van der Waals surface area contributed by atoms with E-state index in [1.165, 1.54) is 0 Å². The van der Waals surface area contributed by atoms with Gasteiger partial charge in [-0.15, -0.1) is 0 Å². The van der Waals surface area contributed by atoms with Gasteiger partial charge in [0, 0.05) is 0 Å². The van der Waals surface area contributed by atoms with Crippen molar-refractivity contribution in [1.82, 2.24) is 0 Å². The largest absolute Gasteiger partial charge is 0.465 e. The predicted molar refractivity (Wildman–Crippen MR) is 32.8 cm³/mol. The van der Waals surface area contributed by atoms with Crippen molar-refractivity contribution in [1.29, 1.82) is 0 Å². The number of carbonyl (C=O) groups excluding carboxylic acids is 1. The lowest BCUT2D eigenvalue weighted by atomic mass is 10.8. The highest BCUT2D eigenvalue weighted by Gasteiger charge is 1.99. The van der Waals surface area contributed by atoms with Crippen LogP contribution in [0.25, 0.3) is 0 Å². The van der Waals surface area contributed by atoms with Crippen LogP contribution in [0.3, 0.4) is 0 Å². The summed E-state index contributed by atoms with van der Waals surface area (Å²) in [5, 5.41) is 0. The first-order valence-electron chi connectivity index (χ1n) is 2.46. The van der Waals surface area contributed by atoms with E-state index >= 15 is 0 Å². The van der Waals surface area contributed by atoms with Crippen LogP contribution in [0.1, 0.15) is 0 Å². The van der Waals surface area contributed by atoms with Gasteiger partial charge in [-0.25, -0.2) is 0 Å². The van der Waals surface area contributed by atoms with Gasteiger partial charge in [0.15, 0.2) is 0 Å². The molecule has 0 saturated carbocycles. The van der Waals surface area contributed by atoms with Crippen LogP contribution in [-0.2, 0) is 23.8 Å². The van der Waals surface area contributed by atoms with E-state index < -0.39 is 10.1 Å². The molecule has 10 heavy (non-hydrogen) atoms. The van der Waals surface area contributed by atoms with Crippen LogP contribution in [0.5, 0.6) is 0 Å². The maximum Gasteiger partial charge on any atom is 0.293 e. The van der Waals surface area contributed by atoms with Gasteiger partial charge in [0.25, 0.3) is 16.6 Å². The van der Waals surface area contributed by atoms with Gasteiger partial charge in [0.1, 0.15) is 13.2 Å². The van der Waals surface area contributed by atoms with Crippen molar-refractivity contribution >= 4 is 16.6 Å². The SMILES string of the molecule is CS(=O)(=O)OCCOC=O. The monoisotopic (exact) mass is 168 g/mol. The minimum absolute atomic E-state index is 0.0451. The van der Waals surface area contributed by atoms with E-state index in [-0.39, 0.29) is 19.7 Å². The molecule has 0 bridgehead atoms. The van der Waals surface area contributed by atoms with Crippen molar-refractivity contribution in [2.24, 2.45) is 0 Å². The highest BCUT2D eigenvalue weighted by Crippen LogP contribution is 1.84. The van der Waals surface area contributed by atoms with Crippen molar-refractivity contribution in [3.63, 3.8) is 0 Å². The third kappa shape index (κ3) is 7.38. The van der Waals surface area contributed by atoms with Gasteiger partial charge in [0.2, 0.25) is 0 Å². The smallest absolute Gasteiger partial charge is 0.293 e. The summed E-state index contributed by atoms with van der Waals surface area (Å²) in [5.41, 5.74) is 0. The second kappa shape index (κ2) is 4.24. The number of hydrogen-bond donors (Lipinski definition) is 0. The van der Waals surface area contributed by atoms with E-state index in [9.17, 15) is 13.2 Å². The Labute approximate surface area is 59.1 Å². The highest BCUT2D eigenvalue weighted by molar-refractivity contribution is 7.85. The summed E-state index contributed by atoms with van der Waals surface area (Å²) in [6, 6.07) is 0. The average Bonchev–Trinajstić information content (AvgIpc) is 1.78. The summed E-state index contributed by atoms with van der Waals surface area (Å²) in [6.45, 7) is 0.0553. The molecule has 0 amide bonds. The first kappa shape index (κ1) is 9.38. The second-order valence-corrected chi connectivity index (χ2v) is 3.14. The molecule has 0 aromatic carbocycles. The first-order chi connectivity index (χ1) is 4.56. The lowest BCUT2D eigenvalue weighted by Gasteiger charge is -1.97. The van der Waals surface area contributed by atoms with Crippen LogP contribution in [0.2, 0.25) is 0 Å². The van der Waals surface area contributed by atoms with E-state index in [4.69, 9.17) is 0 Å². The molecule has 0 aliphatic carbocycles. The molecule has 0 aliphatic rings. The summed E-state index contributed by atoms with van der Waals surface area (Å²) in [4.78, 5) is 9.50. The molecular formula is C4H8O5S. The van der Waals surface area contributed by atoms with Crippen molar-refractivity contribution in [3.05, 3.63) is 0 Å². The minimum atomic E-state index is -3.40. The third-order valence-electron chi connectivity index (χ3n) is 0.567. The fourth-order valence-electron chi connectivity index (χ4n) is 0.282. The summed E-state index contributed by atoms with van der Waals surface area (Å²) in [6.07, 6.45) is 0.925. The molecule has 0 fully saturated rings. The van der Waals surface area contributed by atoms with E-state index in [0.29, 0.717) is 0 Å². The maximum atomic E-state index is 10.2. The summed E-state index contributed by atoms with van der Waals surface area (Å²) < 4.78 is 28.8. The van der Waals surface area contributed by atoms with Crippen LogP contribution in [-0.4, -0.2) is 34.4 Å². The zero-order valence-electron chi connectivity index (χ0n) is 5.44. The van der Waals surface area contributed by atoms with Crippen molar-refractivity contribution in [2.45, 2.75) is 0 Å². The topological polar surface area (TPSA) is 69.7 Å². The molecule has 0 atom stereocenters. The maximum absolute atomic E-state index is 10.2. The van der Waals surface area contributed by atoms with E-state index in [2.05, 4.69) is 8.92 Å². The van der Waals surface area contributed by atoms with Crippen LogP contribution in [0, 0.1) is 0 Å². The molecule has 60 valence electrons. The minimum Gasteiger partial charge on any atom is -0.465 e. The van der Waals surface area contributed by atoms with Gasteiger partial charge >= 0.3 is 0 Å². The molecule has 0 radical (unpaired) electrons. The van der Waals surface area contributed by atoms with Gasteiger partial charge in [0.05, 0.1) is 6.26 Å². The molecule has 0 rings (SSSR count). The molecule has 0 heterocycles. The highest BCUT2D eigenvalue weighted by atomic mass is 32.2. The molecule has 0 aromatic heterocycles. The molecule has 0 aliphatic heterocycles. The van der Waals surface area contributed by atoms with Crippen LogP contribution in [0.15, 0.2) is 0 Å². The Morgan fingerprint density at radius 2 is 2.00 bits per heavy atom. The van der Waals surface area contributed by atoms with Crippen LogP contribution < -0.4 is 0 Å². The summed E-state index contributed by atoms with van der Waals surface area (Å²) in [5.74, 6) is 0. The number of hydrogen-bond acceptors (Lipinski definition) is 5. The number of carbonyl (C=O) groups is 1. The van der Waals surface area contributed by atoms with Crippen LogP contribution >= 0.6 is 0 Å². The Kier molecular flexibility index (Phi) is 3.97. The summed E-state index contributed by atoms with van der Waals surface area (Å²) in [7, 11) is -3.40. The Bertz CT molecular complexity index is 182. The normalized spacial score (nSPS) is 10.9. The Morgan fingerprint density at radius 1 is 1.40 bits per heavy atom. The first-order valence-corrected chi connectivity index (χ1v) is 4.27. The Balaban J connectivity index is 3.29. The van der Waals surface area contributed by atoms with E-state index in [1.54, 1.807) is 0 Å². The lowest BCUT2D eigenvalue weighted by molar-refractivity contribution is -0.129. The molecule has 5 nitrogen and oxygen atoms in total. The number of ether oxygens (including phenoxy) is 1. The Hall–Kier alpha value is -0.620. The number of rotatable bonds is 5. The molecule has 0 N–H and O–H groups in total. The summed E-state index contributed by atoms with van der Waals surface area (Å²) >= 11 is 0. The van der Waals surface area contributed by atoms with E-state index in [1.807, 2.05) is 0 Å². The Morgan fingerprint density at radius 3 is 2.40 bits per heavy atom. The van der Waals surface area contributed by atoms with Gasteiger partial charge in [-0.1, -0.05) is 0 Å². The molecule has 0 saturated heterocycles. The fraction of sp³-hybridized carbons (Fsp3) is 0.750. The van der Waals surface area contributed by atoms with E-state index in [0.717, 1.165) is 6.26 Å². The lowest BCUT2D eigenvalue weighted by Crippen LogP contribution is -2.08.